The van der Waals surface area contributed by atoms with Gasteiger partial charge in [0, 0.05) is 37.8 Å². The van der Waals surface area contributed by atoms with Crippen LogP contribution in [0.5, 0.6) is 11.8 Å². The fourth-order valence-corrected chi connectivity index (χ4v) is 5.87. The van der Waals surface area contributed by atoms with Crippen LogP contribution < -0.4 is 14.5 Å². The first-order valence-corrected chi connectivity index (χ1v) is 13.7. The van der Waals surface area contributed by atoms with Crippen molar-refractivity contribution in [3.05, 3.63) is 48.5 Å². The van der Waals surface area contributed by atoms with E-state index in [1.165, 1.54) is 17.0 Å². The van der Waals surface area contributed by atoms with E-state index in [1.807, 2.05) is 12.1 Å². The molecular formula is C30H30FN7O3. The molecule has 1 saturated heterocycles. The van der Waals surface area contributed by atoms with E-state index in [0.717, 1.165) is 18.6 Å². The molecule has 5 aromatic rings. The minimum Gasteiger partial charge on any atom is -0.443 e. The van der Waals surface area contributed by atoms with Crippen LogP contribution in [-0.4, -0.2) is 56.8 Å². The predicted molar refractivity (Wildman–Crippen MR) is 154 cm³/mol. The van der Waals surface area contributed by atoms with Gasteiger partial charge in [-0.3, -0.25) is 14.9 Å². The predicted octanol–water partition coefficient (Wildman–Crippen LogP) is 6.06. The van der Waals surface area contributed by atoms with Crippen LogP contribution in [0.4, 0.5) is 20.7 Å². The summed E-state index contributed by atoms with van der Waals surface area (Å²) in [5, 5.41) is 1.26. The molecule has 1 N–H and O–H groups in total. The Morgan fingerprint density at radius 1 is 1.12 bits per heavy atom. The Morgan fingerprint density at radius 2 is 1.90 bits per heavy atom. The van der Waals surface area contributed by atoms with Gasteiger partial charge in [-0.25, -0.2) is 9.18 Å². The highest BCUT2D eigenvalue weighted by atomic mass is 19.1. The van der Waals surface area contributed by atoms with Crippen molar-refractivity contribution in [1.29, 1.82) is 0 Å². The van der Waals surface area contributed by atoms with Crippen molar-refractivity contribution in [1.82, 2.24) is 24.9 Å². The number of fused-ring (bicyclic) bond motifs is 5. The van der Waals surface area contributed by atoms with E-state index in [9.17, 15) is 4.79 Å². The summed E-state index contributed by atoms with van der Waals surface area (Å²) in [6, 6.07) is 8.39. The highest BCUT2D eigenvalue weighted by molar-refractivity contribution is 6.16. The number of ether oxygens (including phenoxy) is 2. The molecule has 2 fully saturated rings. The lowest BCUT2D eigenvalue weighted by Gasteiger charge is -2.25. The maximum absolute atomic E-state index is 15.1. The smallest absolute Gasteiger partial charge is 0.414 e. The van der Waals surface area contributed by atoms with Crippen molar-refractivity contribution in [2.24, 2.45) is 17.8 Å². The maximum atomic E-state index is 15.1. The van der Waals surface area contributed by atoms with Crippen LogP contribution in [-0.2, 0) is 4.74 Å². The van der Waals surface area contributed by atoms with E-state index in [1.54, 1.807) is 46.3 Å². The highest BCUT2D eigenvalue weighted by Crippen LogP contribution is 2.53. The molecule has 11 heteroatoms. The summed E-state index contributed by atoms with van der Waals surface area (Å²) in [5.41, 5.74) is 2.10. The molecule has 3 atom stereocenters. The van der Waals surface area contributed by atoms with Crippen molar-refractivity contribution in [3.8, 4) is 11.8 Å². The minimum atomic E-state index is -0.704. The number of hydrogen-bond acceptors (Lipinski definition) is 8. The number of hydrogen-bond donors (Lipinski definition) is 1. The Kier molecular flexibility index (Phi) is 5.57. The molecule has 7 rings (SSSR count). The summed E-state index contributed by atoms with van der Waals surface area (Å²) in [6.07, 6.45) is 2.71. The van der Waals surface area contributed by atoms with Gasteiger partial charge in [-0.1, -0.05) is 6.92 Å². The van der Waals surface area contributed by atoms with Gasteiger partial charge in [-0.2, -0.15) is 9.97 Å². The summed E-state index contributed by atoms with van der Waals surface area (Å²) < 4.78 is 26.8. The van der Waals surface area contributed by atoms with Gasteiger partial charge >= 0.3 is 12.1 Å². The second-order valence-electron chi connectivity index (χ2n) is 12.0. The molecule has 10 nitrogen and oxygen atoms in total. The molecule has 4 aromatic heterocycles. The molecule has 1 aliphatic heterocycles. The van der Waals surface area contributed by atoms with Gasteiger partial charge in [0.25, 0.3) is 0 Å². The summed E-state index contributed by atoms with van der Waals surface area (Å²) in [7, 11) is 1.56. The minimum absolute atomic E-state index is 0.132. The number of H-pyrrole nitrogens is 1. The molecule has 1 amide bonds. The fourth-order valence-electron chi connectivity index (χ4n) is 5.87. The zero-order valence-electron chi connectivity index (χ0n) is 23.5. The second-order valence-corrected chi connectivity index (χ2v) is 12.0. The number of aromatic nitrogens is 5. The van der Waals surface area contributed by atoms with Crippen molar-refractivity contribution >= 4 is 50.6 Å². The Bertz CT molecular complexity index is 1840. The lowest BCUT2D eigenvalue weighted by atomic mass is 10.1. The zero-order chi connectivity index (χ0) is 28.6. The Balaban J connectivity index is 1.36. The Labute approximate surface area is 235 Å². The molecule has 1 aliphatic carbocycles. The fraction of sp³-hybridized carbons (Fsp3) is 0.367. The van der Waals surface area contributed by atoms with Crippen molar-refractivity contribution in [3.63, 3.8) is 0 Å². The standard InChI is InChI=1S/C30H30FN7O3/c1-15-19-13-38(14-20(15)19)27-24-18-9-16(31)10-23(37(5)29(39)41-30(2,3)4)25(18)34-26(24)35-28(36-27)40-17-11-22-21(33-12-17)7-6-8-32-22/h6-12,15,19-20H,13-14H2,1-5H3,(H,34,35,36)/t15?,19-,20+. The first-order valence-electron chi connectivity index (χ1n) is 13.7. The topological polar surface area (TPSA) is 109 Å². The lowest BCUT2D eigenvalue weighted by Crippen LogP contribution is -2.34. The van der Waals surface area contributed by atoms with Gasteiger partial charge < -0.3 is 19.4 Å². The molecule has 1 unspecified atom stereocenters. The van der Waals surface area contributed by atoms with Gasteiger partial charge in [0.15, 0.2) is 5.75 Å². The maximum Gasteiger partial charge on any atom is 0.414 e. The average molecular weight is 556 g/mol. The van der Waals surface area contributed by atoms with E-state index in [2.05, 4.69) is 31.8 Å². The molecule has 5 heterocycles. The number of halogens is 1. The molecule has 1 saturated carbocycles. The first kappa shape index (κ1) is 25.4. The zero-order valence-corrected chi connectivity index (χ0v) is 23.5. The summed E-state index contributed by atoms with van der Waals surface area (Å²) >= 11 is 0. The highest BCUT2D eigenvalue weighted by Gasteiger charge is 2.53. The van der Waals surface area contributed by atoms with Crippen LogP contribution in [0.2, 0.25) is 0 Å². The van der Waals surface area contributed by atoms with E-state index in [4.69, 9.17) is 14.5 Å². The number of nitrogens with zero attached hydrogens (tertiary/aromatic N) is 6. The normalized spacial score (nSPS) is 20.0. The Hall–Kier alpha value is -4.54. The molecule has 1 aromatic carbocycles. The van der Waals surface area contributed by atoms with Gasteiger partial charge in [-0.15, -0.1) is 0 Å². The number of pyridine rings is 2. The van der Waals surface area contributed by atoms with E-state index >= 15 is 4.39 Å². The number of aromatic amines is 1. The molecule has 0 spiro atoms. The number of amides is 1. The number of rotatable bonds is 4. The van der Waals surface area contributed by atoms with Gasteiger partial charge in [0.05, 0.1) is 33.8 Å². The van der Waals surface area contributed by atoms with Gasteiger partial charge in [0.1, 0.15) is 22.9 Å². The third kappa shape index (κ3) is 4.45. The van der Waals surface area contributed by atoms with Crippen molar-refractivity contribution < 1.29 is 18.7 Å². The second kappa shape index (κ2) is 8.98. The molecule has 210 valence electrons. The largest absolute Gasteiger partial charge is 0.443 e. The molecule has 41 heavy (non-hydrogen) atoms. The third-order valence-corrected chi connectivity index (χ3v) is 8.05. The number of carbonyl (C=O) groups excluding carboxylic acids is 1. The SMILES string of the molecule is CC1[C@H]2CN(c3nc(Oc4cnc5cccnc5c4)nc4[nH]c5c(N(C)C(=O)OC(C)(C)C)cc(F)cc5c34)C[C@@H]12. The summed E-state index contributed by atoms with van der Waals surface area (Å²) in [5.74, 6) is 2.53. The number of benzene rings is 1. The molecule has 0 bridgehead atoms. The quantitative estimate of drug-likeness (QED) is 0.285. The van der Waals surface area contributed by atoms with Crippen LogP contribution in [0.3, 0.4) is 0 Å². The third-order valence-electron chi connectivity index (χ3n) is 8.05. The Morgan fingerprint density at radius 3 is 2.66 bits per heavy atom. The van der Waals surface area contributed by atoms with E-state index in [0.29, 0.717) is 62.5 Å². The van der Waals surface area contributed by atoms with Crippen LogP contribution >= 0.6 is 0 Å². The molecule has 2 aliphatic rings. The van der Waals surface area contributed by atoms with Gasteiger partial charge in [-0.05, 0) is 62.8 Å². The number of carbonyl (C=O) groups is 1. The number of anilines is 2. The van der Waals surface area contributed by atoms with E-state index in [-0.39, 0.29) is 6.01 Å². The van der Waals surface area contributed by atoms with Crippen LogP contribution in [0.25, 0.3) is 33.0 Å². The average Bonchev–Trinajstić information content (AvgIpc) is 3.24. The van der Waals surface area contributed by atoms with Crippen LogP contribution in [0.15, 0.2) is 42.7 Å². The van der Waals surface area contributed by atoms with Crippen molar-refractivity contribution in [2.45, 2.75) is 33.3 Å². The summed E-state index contributed by atoms with van der Waals surface area (Å²) in [4.78, 5) is 38.1. The van der Waals surface area contributed by atoms with Gasteiger partial charge in [0.2, 0.25) is 0 Å². The monoisotopic (exact) mass is 555 g/mol. The van der Waals surface area contributed by atoms with E-state index < -0.39 is 17.5 Å². The summed E-state index contributed by atoms with van der Waals surface area (Å²) in [6.45, 7) is 9.34. The number of piperidine rings is 1. The number of nitrogens with one attached hydrogen (secondary N) is 1. The lowest BCUT2D eigenvalue weighted by molar-refractivity contribution is 0.0589. The van der Waals surface area contributed by atoms with Crippen LogP contribution in [0, 0.1) is 23.6 Å². The molecule has 0 radical (unpaired) electrons. The van der Waals surface area contributed by atoms with Crippen LogP contribution in [0.1, 0.15) is 27.7 Å². The van der Waals surface area contributed by atoms with Crippen molar-refractivity contribution in [2.75, 3.05) is 29.9 Å². The first-order chi connectivity index (χ1) is 19.6. The molecular weight excluding hydrogens is 525 g/mol.